The van der Waals surface area contributed by atoms with Crippen molar-refractivity contribution < 1.29 is 17.9 Å². The second-order valence-electron chi connectivity index (χ2n) is 4.82. The zero-order valence-corrected chi connectivity index (χ0v) is 12.6. The lowest BCUT2D eigenvalue weighted by molar-refractivity contribution is -0.149. The molecule has 0 aromatic carbocycles. The number of pyridine rings is 1. The van der Waals surface area contributed by atoms with Crippen molar-refractivity contribution in [1.82, 2.24) is 9.29 Å². The number of hydrogen-bond donors (Lipinski definition) is 1. The van der Waals surface area contributed by atoms with E-state index in [1.54, 1.807) is 6.92 Å². The molecule has 0 amide bonds. The van der Waals surface area contributed by atoms with Gasteiger partial charge in [-0.3, -0.25) is 9.59 Å². The van der Waals surface area contributed by atoms with E-state index in [-0.39, 0.29) is 35.4 Å². The molecule has 1 aromatic rings. The van der Waals surface area contributed by atoms with Crippen LogP contribution in [0.3, 0.4) is 0 Å². The molecular formula is C13H18N2O5S. The molecule has 0 bridgehead atoms. The Morgan fingerprint density at radius 1 is 1.38 bits per heavy atom. The van der Waals surface area contributed by atoms with Crippen LogP contribution in [0.2, 0.25) is 0 Å². The Labute approximate surface area is 123 Å². The number of nitrogens with one attached hydrogen (secondary N) is 1. The predicted molar refractivity (Wildman–Crippen MR) is 75.2 cm³/mol. The Balaban J connectivity index is 2.06. The molecule has 0 unspecified atom stereocenters. The van der Waals surface area contributed by atoms with E-state index in [9.17, 15) is 18.0 Å². The van der Waals surface area contributed by atoms with Crippen molar-refractivity contribution in [2.75, 3.05) is 19.7 Å². The first-order chi connectivity index (χ1) is 9.95. The van der Waals surface area contributed by atoms with Crippen LogP contribution in [0.25, 0.3) is 0 Å². The van der Waals surface area contributed by atoms with Crippen LogP contribution < -0.4 is 5.56 Å². The van der Waals surface area contributed by atoms with E-state index in [4.69, 9.17) is 4.74 Å². The summed E-state index contributed by atoms with van der Waals surface area (Å²) in [6.45, 7) is 2.61. The van der Waals surface area contributed by atoms with Gasteiger partial charge in [0, 0.05) is 25.4 Å². The summed E-state index contributed by atoms with van der Waals surface area (Å²) < 4.78 is 31.1. The normalized spacial score (nSPS) is 17.6. The highest BCUT2D eigenvalue weighted by molar-refractivity contribution is 7.89. The van der Waals surface area contributed by atoms with Crippen LogP contribution in [-0.4, -0.2) is 43.4 Å². The minimum absolute atomic E-state index is 0.0525. The zero-order chi connectivity index (χ0) is 15.5. The average molecular weight is 314 g/mol. The lowest BCUT2D eigenvalue weighted by Crippen LogP contribution is -2.40. The lowest BCUT2D eigenvalue weighted by atomic mass is 9.98. The summed E-state index contributed by atoms with van der Waals surface area (Å²) in [7, 11) is -3.63. The molecule has 8 heteroatoms. The smallest absolute Gasteiger partial charge is 0.309 e. The predicted octanol–water partition coefficient (Wildman–Crippen LogP) is 0.339. The number of aromatic nitrogens is 1. The number of carbonyl (C=O) groups is 1. The van der Waals surface area contributed by atoms with Crippen molar-refractivity contribution in [3.63, 3.8) is 0 Å². The zero-order valence-electron chi connectivity index (χ0n) is 11.7. The first kappa shape index (κ1) is 15.7. The van der Waals surface area contributed by atoms with Gasteiger partial charge in [0.1, 0.15) is 0 Å². The van der Waals surface area contributed by atoms with Crippen molar-refractivity contribution in [2.45, 2.75) is 24.7 Å². The number of ether oxygens (including phenoxy) is 1. The van der Waals surface area contributed by atoms with Gasteiger partial charge in [0.05, 0.1) is 17.4 Å². The van der Waals surface area contributed by atoms with Gasteiger partial charge in [-0.25, -0.2) is 8.42 Å². The second-order valence-corrected chi connectivity index (χ2v) is 6.76. The van der Waals surface area contributed by atoms with Crippen LogP contribution in [-0.2, 0) is 19.6 Å². The maximum Gasteiger partial charge on any atom is 0.309 e. The number of piperidine rings is 1. The number of nitrogens with zero attached hydrogens (tertiary/aromatic N) is 1. The summed E-state index contributed by atoms with van der Waals surface area (Å²) in [5.41, 5.74) is -0.352. The van der Waals surface area contributed by atoms with Crippen LogP contribution in [0.15, 0.2) is 28.0 Å². The molecule has 1 fully saturated rings. The maximum atomic E-state index is 12.4. The van der Waals surface area contributed by atoms with Crippen LogP contribution in [0, 0.1) is 5.92 Å². The fourth-order valence-corrected chi connectivity index (χ4v) is 3.74. The molecule has 116 valence electrons. The summed E-state index contributed by atoms with van der Waals surface area (Å²) in [5.74, 6) is -0.509. The summed E-state index contributed by atoms with van der Waals surface area (Å²) >= 11 is 0. The quantitative estimate of drug-likeness (QED) is 0.808. The largest absolute Gasteiger partial charge is 0.466 e. The molecule has 1 aliphatic heterocycles. The van der Waals surface area contributed by atoms with Gasteiger partial charge >= 0.3 is 5.97 Å². The monoisotopic (exact) mass is 314 g/mol. The Kier molecular flexibility index (Phi) is 4.79. The van der Waals surface area contributed by atoms with Gasteiger partial charge in [-0.15, -0.1) is 0 Å². The molecular weight excluding hydrogens is 296 g/mol. The Morgan fingerprint density at radius 2 is 2.05 bits per heavy atom. The van der Waals surface area contributed by atoms with E-state index in [2.05, 4.69) is 4.98 Å². The molecule has 0 spiro atoms. The molecule has 1 saturated heterocycles. The molecule has 1 N–H and O–H groups in total. The molecule has 0 aliphatic carbocycles. The molecule has 2 heterocycles. The van der Waals surface area contributed by atoms with Gasteiger partial charge in [-0.1, -0.05) is 0 Å². The van der Waals surface area contributed by atoms with Crippen LogP contribution in [0.4, 0.5) is 0 Å². The van der Waals surface area contributed by atoms with Crippen molar-refractivity contribution in [3.05, 3.63) is 28.7 Å². The van der Waals surface area contributed by atoms with Crippen LogP contribution in [0.5, 0.6) is 0 Å². The molecule has 21 heavy (non-hydrogen) atoms. The fraction of sp³-hybridized carbons (Fsp3) is 0.538. The highest BCUT2D eigenvalue weighted by atomic mass is 32.2. The topological polar surface area (TPSA) is 96.5 Å². The number of aromatic amines is 1. The minimum Gasteiger partial charge on any atom is -0.466 e. The Morgan fingerprint density at radius 3 is 2.57 bits per heavy atom. The van der Waals surface area contributed by atoms with Gasteiger partial charge in [0.2, 0.25) is 15.6 Å². The molecule has 7 nitrogen and oxygen atoms in total. The second kappa shape index (κ2) is 6.40. The minimum atomic E-state index is -3.63. The summed E-state index contributed by atoms with van der Waals surface area (Å²) in [4.78, 5) is 25.0. The SMILES string of the molecule is CCOC(=O)C1CCN(S(=O)(=O)c2ccc(=O)[nH]c2)CC1. The third-order valence-corrected chi connectivity index (χ3v) is 5.36. The van der Waals surface area contributed by atoms with E-state index in [0.717, 1.165) is 0 Å². The number of esters is 1. The van der Waals surface area contributed by atoms with Gasteiger partial charge in [0.25, 0.3) is 0 Å². The number of sulfonamides is 1. The maximum absolute atomic E-state index is 12.4. The van der Waals surface area contributed by atoms with E-state index >= 15 is 0 Å². The van der Waals surface area contributed by atoms with Gasteiger partial charge < -0.3 is 9.72 Å². The average Bonchev–Trinajstić information content (AvgIpc) is 2.48. The molecule has 1 aromatic heterocycles. The van der Waals surface area contributed by atoms with Gasteiger partial charge in [-0.05, 0) is 25.8 Å². The van der Waals surface area contributed by atoms with Crippen LogP contribution >= 0.6 is 0 Å². The summed E-state index contributed by atoms with van der Waals surface area (Å²) in [6.07, 6.45) is 2.08. The molecule has 1 aliphatic rings. The summed E-state index contributed by atoms with van der Waals surface area (Å²) in [6, 6.07) is 2.46. The third-order valence-electron chi connectivity index (χ3n) is 3.47. The number of carbonyl (C=O) groups excluding carboxylic acids is 1. The highest BCUT2D eigenvalue weighted by Gasteiger charge is 2.32. The molecule has 0 saturated carbocycles. The van der Waals surface area contributed by atoms with Crippen molar-refractivity contribution >= 4 is 16.0 Å². The van der Waals surface area contributed by atoms with Gasteiger partial charge in [0.15, 0.2) is 0 Å². The highest BCUT2D eigenvalue weighted by Crippen LogP contribution is 2.23. The van der Waals surface area contributed by atoms with E-state index < -0.39 is 10.0 Å². The Hall–Kier alpha value is -1.67. The van der Waals surface area contributed by atoms with Gasteiger partial charge in [-0.2, -0.15) is 4.31 Å². The van der Waals surface area contributed by atoms with Crippen molar-refractivity contribution in [3.8, 4) is 0 Å². The van der Waals surface area contributed by atoms with E-state index in [1.807, 2.05) is 0 Å². The first-order valence-electron chi connectivity index (χ1n) is 6.80. The van der Waals surface area contributed by atoms with E-state index in [1.165, 1.54) is 22.6 Å². The summed E-state index contributed by atoms with van der Waals surface area (Å²) in [5, 5.41) is 0. The number of H-pyrrole nitrogens is 1. The standard InChI is InChI=1S/C13H18N2O5S/c1-2-20-13(17)10-5-7-15(8-6-10)21(18,19)11-3-4-12(16)14-9-11/h3-4,9-10H,2,5-8H2,1H3,(H,14,16). The lowest BCUT2D eigenvalue weighted by Gasteiger charge is -2.29. The number of hydrogen-bond acceptors (Lipinski definition) is 5. The van der Waals surface area contributed by atoms with Crippen molar-refractivity contribution in [2.24, 2.45) is 5.92 Å². The van der Waals surface area contributed by atoms with Crippen molar-refractivity contribution in [1.29, 1.82) is 0 Å². The fourth-order valence-electron chi connectivity index (χ4n) is 2.30. The third kappa shape index (κ3) is 3.51. The molecule has 2 rings (SSSR count). The molecule has 0 atom stereocenters. The Bertz CT molecular complexity index is 639. The first-order valence-corrected chi connectivity index (χ1v) is 8.24. The number of rotatable bonds is 4. The van der Waals surface area contributed by atoms with Crippen LogP contribution in [0.1, 0.15) is 19.8 Å². The molecule has 0 radical (unpaired) electrons. The van der Waals surface area contributed by atoms with E-state index in [0.29, 0.717) is 19.4 Å².